The van der Waals surface area contributed by atoms with E-state index in [-0.39, 0.29) is 18.4 Å². The molecule has 0 radical (unpaired) electrons. The van der Waals surface area contributed by atoms with Crippen molar-refractivity contribution >= 4 is 29.3 Å². The zero-order valence-corrected chi connectivity index (χ0v) is 11.6. The summed E-state index contributed by atoms with van der Waals surface area (Å²) in [5.74, 6) is 1.15. The fourth-order valence-electron chi connectivity index (χ4n) is 2.00. The van der Waals surface area contributed by atoms with Gasteiger partial charge in [-0.3, -0.25) is 4.79 Å². The number of hydrogen-bond acceptors (Lipinski definition) is 3. The number of amides is 1. The Morgan fingerprint density at radius 2 is 2.11 bits per heavy atom. The van der Waals surface area contributed by atoms with E-state index in [0.29, 0.717) is 13.0 Å². The first-order valence-electron chi connectivity index (χ1n) is 5.96. The first-order chi connectivity index (χ1) is 8.69. The molecule has 1 aliphatic heterocycles. The highest BCUT2D eigenvalue weighted by molar-refractivity contribution is 7.99. The molecule has 0 bridgehead atoms. The fraction of sp³-hybridized carbons (Fsp3) is 0.462. The summed E-state index contributed by atoms with van der Waals surface area (Å²) in [6.45, 7) is 1.53. The van der Waals surface area contributed by atoms with Crippen LogP contribution in [0.4, 0.5) is 0 Å². The van der Waals surface area contributed by atoms with Crippen molar-refractivity contribution in [1.82, 2.24) is 4.90 Å². The minimum Gasteiger partial charge on any atom is -0.396 e. The van der Waals surface area contributed by atoms with E-state index in [4.69, 9.17) is 16.7 Å². The van der Waals surface area contributed by atoms with E-state index in [0.717, 1.165) is 22.2 Å². The number of likely N-dealkylation sites (tertiary alicyclic amines) is 1. The molecular weight excluding hydrogens is 270 g/mol. The van der Waals surface area contributed by atoms with Crippen molar-refractivity contribution < 1.29 is 9.90 Å². The lowest BCUT2D eigenvalue weighted by Gasteiger charge is -2.15. The maximum absolute atomic E-state index is 11.6. The second-order valence-electron chi connectivity index (χ2n) is 4.39. The van der Waals surface area contributed by atoms with Crippen molar-refractivity contribution in [1.29, 1.82) is 0 Å². The molecule has 1 N–H and O–H groups in total. The third-order valence-corrected chi connectivity index (χ3v) is 4.24. The Bertz CT molecular complexity index is 410. The third-order valence-electron chi connectivity index (χ3n) is 3.00. The zero-order valence-electron chi connectivity index (χ0n) is 10.0. The number of aliphatic hydroxyl groups excluding tert-OH is 1. The molecule has 0 saturated carbocycles. The van der Waals surface area contributed by atoms with Gasteiger partial charge in [0, 0.05) is 47.7 Å². The summed E-state index contributed by atoms with van der Waals surface area (Å²) in [4.78, 5) is 14.6. The summed E-state index contributed by atoms with van der Waals surface area (Å²) in [7, 11) is 0. The summed E-state index contributed by atoms with van der Waals surface area (Å²) in [6, 6.07) is 7.70. The molecule has 0 spiro atoms. The van der Waals surface area contributed by atoms with Crippen molar-refractivity contribution in [3.8, 4) is 0 Å². The number of thioether (sulfide) groups is 1. The van der Waals surface area contributed by atoms with Crippen molar-refractivity contribution in [2.24, 2.45) is 5.92 Å². The van der Waals surface area contributed by atoms with E-state index in [1.807, 2.05) is 29.2 Å². The van der Waals surface area contributed by atoms with Gasteiger partial charge >= 0.3 is 0 Å². The molecular formula is C13H16ClNO2S. The van der Waals surface area contributed by atoms with Crippen LogP contribution < -0.4 is 0 Å². The Balaban J connectivity index is 1.75. The van der Waals surface area contributed by atoms with Gasteiger partial charge in [0.05, 0.1) is 0 Å². The number of halogens is 1. The van der Waals surface area contributed by atoms with Crippen LogP contribution in [0.2, 0.25) is 5.02 Å². The van der Waals surface area contributed by atoms with Crippen LogP contribution in [0.3, 0.4) is 0 Å². The van der Waals surface area contributed by atoms with Gasteiger partial charge in [0.1, 0.15) is 0 Å². The number of rotatable bonds is 5. The minimum atomic E-state index is 0.104. The molecule has 98 valence electrons. The molecule has 1 aromatic rings. The van der Waals surface area contributed by atoms with Gasteiger partial charge in [0.2, 0.25) is 5.91 Å². The lowest BCUT2D eigenvalue weighted by Crippen LogP contribution is -2.27. The van der Waals surface area contributed by atoms with Crippen molar-refractivity contribution in [3.05, 3.63) is 29.3 Å². The van der Waals surface area contributed by atoms with Gasteiger partial charge in [0.15, 0.2) is 0 Å². The molecule has 18 heavy (non-hydrogen) atoms. The highest BCUT2D eigenvalue weighted by atomic mass is 35.5. The standard InChI is InChI=1S/C13H16ClNO2S/c14-11-1-3-12(4-2-11)18-6-5-15-8-10(9-16)7-13(15)17/h1-4,10,16H,5-9H2. The zero-order chi connectivity index (χ0) is 13.0. The second-order valence-corrected chi connectivity index (χ2v) is 6.00. The Morgan fingerprint density at radius 3 is 2.72 bits per heavy atom. The molecule has 1 fully saturated rings. The van der Waals surface area contributed by atoms with Gasteiger partial charge in [0.25, 0.3) is 0 Å². The third kappa shape index (κ3) is 3.64. The van der Waals surface area contributed by atoms with Gasteiger partial charge in [-0.15, -0.1) is 11.8 Å². The molecule has 1 saturated heterocycles. The van der Waals surface area contributed by atoms with Crippen LogP contribution in [0.5, 0.6) is 0 Å². The highest BCUT2D eigenvalue weighted by Crippen LogP contribution is 2.22. The molecule has 1 aromatic carbocycles. The van der Waals surface area contributed by atoms with Crippen LogP contribution in [0.25, 0.3) is 0 Å². The number of benzene rings is 1. The fourth-order valence-corrected chi connectivity index (χ4v) is 3.00. The van der Waals surface area contributed by atoms with Crippen LogP contribution in [0.1, 0.15) is 6.42 Å². The first-order valence-corrected chi connectivity index (χ1v) is 7.32. The van der Waals surface area contributed by atoms with Gasteiger partial charge in [-0.25, -0.2) is 0 Å². The number of hydrogen-bond donors (Lipinski definition) is 1. The Labute approximate surface area is 116 Å². The maximum atomic E-state index is 11.6. The average Bonchev–Trinajstić information content (AvgIpc) is 2.73. The van der Waals surface area contributed by atoms with Crippen molar-refractivity contribution in [2.75, 3.05) is 25.4 Å². The van der Waals surface area contributed by atoms with E-state index in [9.17, 15) is 4.79 Å². The molecule has 1 heterocycles. The lowest BCUT2D eigenvalue weighted by molar-refractivity contribution is -0.127. The number of carbonyl (C=O) groups excluding carboxylic acids is 1. The molecule has 1 aliphatic rings. The van der Waals surface area contributed by atoms with E-state index in [2.05, 4.69) is 0 Å². The predicted octanol–water partition coefficient (Wildman–Crippen LogP) is 2.27. The molecule has 1 unspecified atom stereocenters. The molecule has 2 rings (SSSR count). The Hall–Kier alpha value is -0.710. The van der Waals surface area contributed by atoms with Crippen LogP contribution >= 0.6 is 23.4 Å². The second kappa shape index (κ2) is 6.45. The topological polar surface area (TPSA) is 40.5 Å². The van der Waals surface area contributed by atoms with E-state index in [1.54, 1.807) is 11.8 Å². The number of aliphatic hydroxyl groups is 1. The molecule has 0 aliphatic carbocycles. The SMILES string of the molecule is O=C1CC(CO)CN1CCSc1ccc(Cl)cc1. The van der Waals surface area contributed by atoms with Gasteiger partial charge in [-0.05, 0) is 24.3 Å². The van der Waals surface area contributed by atoms with Crippen LogP contribution in [0.15, 0.2) is 29.2 Å². The summed E-state index contributed by atoms with van der Waals surface area (Å²) in [5.41, 5.74) is 0. The monoisotopic (exact) mass is 285 g/mol. The minimum absolute atomic E-state index is 0.104. The summed E-state index contributed by atoms with van der Waals surface area (Å²) < 4.78 is 0. The van der Waals surface area contributed by atoms with Crippen molar-refractivity contribution in [3.63, 3.8) is 0 Å². The van der Waals surface area contributed by atoms with Gasteiger partial charge < -0.3 is 10.0 Å². The lowest BCUT2D eigenvalue weighted by atomic mass is 10.1. The average molecular weight is 286 g/mol. The molecule has 1 amide bonds. The quantitative estimate of drug-likeness (QED) is 0.844. The maximum Gasteiger partial charge on any atom is 0.223 e. The first kappa shape index (κ1) is 13.7. The van der Waals surface area contributed by atoms with E-state index < -0.39 is 0 Å². The Kier molecular flexibility index (Phi) is 4.92. The van der Waals surface area contributed by atoms with Crippen LogP contribution in [0, 0.1) is 5.92 Å². The van der Waals surface area contributed by atoms with Crippen LogP contribution in [-0.2, 0) is 4.79 Å². The summed E-state index contributed by atoms with van der Waals surface area (Å²) in [6.07, 6.45) is 0.488. The molecule has 3 nitrogen and oxygen atoms in total. The smallest absolute Gasteiger partial charge is 0.223 e. The number of nitrogens with zero attached hydrogens (tertiary/aromatic N) is 1. The van der Waals surface area contributed by atoms with E-state index >= 15 is 0 Å². The largest absolute Gasteiger partial charge is 0.396 e. The Morgan fingerprint density at radius 1 is 1.39 bits per heavy atom. The molecule has 0 aromatic heterocycles. The molecule has 5 heteroatoms. The summed E-state index contributed by atoms with van der Waals surface area (Å²) >= 11 is 7.53. The van der Waals surface area contributed by atoms with Crippen LogP contribution in [-0.4, -0.2) is 41.4 Å². The number of carbonyl (C=O) groups is 1. The molecule has 1 atom stereocenters. The summed E-state index contributed by atoms with van der Waals surface area (Å²) in [5, 5.41) is 9.77. The van der Waals surface area contributed by atoms with E-state index in [1.165, 1.54) is 0 Å². The van der Waals surface area contributed by atoms with Crippen molar-refractivity contribution in [2.45, 2.75) is 11.3 Å². The highest BCUT2D eigenvalue weighted by Gasteiger charge is 2.28. The predicted molar refractivity (Wildman–Crippen MR) is 73.9 cm³/mol. The van der Waals surface area contributed by atoms with Gasteiger partial charge in [-0.1, -0.05) is 11.6 Å². The van der Waals surface area contributed by atoms with Gasteiger partial charge in [-0.2, -0.15) is 0 Å². The normalized spacial score (nSPS) is 19.6.